The predicted octanol–water partition coefficient (Wildman–Crippen LogP) is 4.30. The molecule has 0 aliphatic carbocycles. The lowest BCUT2D eigenvalue weighted by molar-refractivity contribution is 0.433. The van der Waals surface area contributed by atoms with Crippen molar-refractivity contribution in [2.24, 2.45) is 0 Å². The largest absolute Gasteiger partial charge is 0.333 e. The van der Waals surface area contributed by atoms with E-state index in [0.29, 0.717) is 31.9 Å². The number of thiophene rings is 1. The summed E-state index contributed by atoms with van der Waals surface area (Å²) in [6, 6.07) is 14.0. The zero-order chi connectivity index (χ0) is 20.4. The van der Waals surface area contributed by atoms with Gasteiger partial charge in [-0.2, -0.15) is 4.98 Å². The average Bonchev–Trinajstić information content (AvgIpc) is 3.35. The van der Waals surface area contributed by atoms with Crippen molar-refractivity contribution in [3.8, 4) is 22.2 Å². The van der Waals surface area contributed by atoms with Gasteiger partial charge in [-0.3, -0.25) is 4.98 Å². The third-order valence-electron chi connectivity index (χ3n) is 4.05. The Bertz CT molecular complexity index is 1250. The van der Waals surface area contributed by atoms with E-state index in [9.17, 15) is 8.42 Å². The summed E-state index contributed by atoms with van der Waals surface area (Å²) < 4.78 is 33.3. The lowest BCUT2D eigenvalue weighted by Crippen LogP contribution is -2.23. The number of hydrogen-bond donors (Lipinski definition) is 1. The van der Waals surface area contributed by atoms with Gasteiger partial charge in [-0.05, 0) is 37.3 Å². The third kappa shape index (κ3) is 4.38. The number of aryl methyl sites for hydroxylation is 1. The Morgan fingerprint density at radius 3 is 2.79 bits per heavy atom. The van der Waals surface area contributed by atoms with Crippen molar-refractivity contribution in [3.05, 3.63) is 70.3 Å². The average molecular weight is 447 g/mol. The molecule has 0 bridgehead atoms. The molecule has 0 saturated carbocycles. The van der Waals surface area contributed by atoms with E-state index < -0.39 is 10.0 Å². The van der Waals surface area contributed by atoms with Crippen LogP contribution in [0.1, 0.15) is 10.6 Å². The Morgan fingerprint density at radius 2 is 2.03 bits per heavy atom. The fourth-order valence-electron chi connectivity index (χ4n) is 2.66. The summed E-state index contributed by atoms with van der Waals surface area (Å²) in [4.78, 5) is 9.86. The molecule has 0 aliphatic rings. The van der Waals surface area contributed by atoms with Crippen molar-refractivity contribution >= 4 is 33.0 Å². The van der Waals surface area contributed by atoms with Gasteiger partial charge < -0.3 is 4.52 Å². The Morgan fingerprint density at radius 1 is 1.17 bits per heavy atom. The van der Waals surface area contributed by atoms with Crippen LogP contribution in [0.15, 0.2) is 64.1 Å². The summed E-state index contributed by atoms with van der Waals surface area (Å²) in [5.41, 5.74) is 1.35. The van der Waals surface area contributed by atoms with Crippen molar-refractivity contribution in [1.29, 1.82) is 0 Å². The van der Waals surface area contributed by atoms with Gasteiger partial charge in [0.05, 0.1) is 22.0 Å². The second-order valence-corrected chi connectivity index (χ2v) is 9.54. The fourth-order valence-corrected chi connectivity index (χ4v) is 5.36. The second-order valence-electron chi connectivity index (χ2n) is 6.11. The Kier molecular flexibility index (Phi) is 5.46. The van der Waals surface area contributed by atoms with Gasteiger partial charge in [0.2, 0.25) is 15.8 Å². The molecule has 3 heterocycles. The van der Waals surface area contributed by atoms with Crippen LogP contribution in [0.5, 0.6) is 0 Å². The maximum atomic E-state index is 12.7. The summed E-state index contributed by atoms with van der Waals surface area (Å²) in [5.74, 6) is 0.630. The Labute approximate surface area is 176 Å². The number of benzene rings is 1. The molecular formula is C19H15ClN4O3S2. The monoisotopic (exact) mass is 446 g/mol. The molecule has 148 valence electrons. The first-order valence-electron chi connectivity index (χ1n) is 8.52. The molecule has 0 radical (unpaired) electrons. The predicted molar refractivity (Wildman–Crippen MR) is 111 cm³/mol. The van der Waals surface area contributed by atoms with Crippen LogP contribution in [-0.4, -0.2) is 23.5 Å². The molecule has 7 nitrogen and oxygen atoms in total. The highest BCUT2D eigenvalue weighted by Crippen LogP contribution is 2.33. The summed E-state index contributed by atoms with van der Waals surface area (Å²) >= 11 is 7.28. The first-order valence-corrected chi connectivity index (χ1v) is 11.2. The molecule has 1 N–H and O–H groups in total. The van der Waals surface area contributed by atoms with Crippen LogP contribution in [0.2, 0.25) is 5.02 Å². The first kappa shape index (κ1) is 19.7. The normalized spacial score (nSPS) is 11.7. The van der Waals surface area contributed by atoms with Crippen molar-refractivity contribution < 1.29 is 12.9 Å². The number of halogens is 1. The number of nitrogens with zero attached hydrogens (tertiary/aromatic N) is 3. The number of nitrogens with one attached hydrogen (secondary N) is 1. The van der Waals surface area contributed by atoms with Crippen molar-refractivity contribution in [1.82, 2.24) is 19.8 Å². The van der Waals surface area contributed by atoms with Crippen molar-refractivity contribution in [2.75, 3.05) is 0 Å². The topological polar surface area (TPSA) is 98.0 Å². The maximum Gasteiger partial charge on any atom is 0.268 e. The van der Waals surface area contributed by atoms with Crippen LogP contribution >= 0.6 is 22.9 Å². The molecule has 10 heteroatoms. The number of pyridine rings is 1. The van der Waals surface area contributed by atoms with E-state index in [1.807, 2.05) is 6.07 Å². The zero-order valence-electron chi connectivity index (χ0n) is 15.2. The van der Waals surface area contributed by atoms with Gasteiger partial charge in [-0.15, -0.1) is 11.3 Å². The van der Waals surface area contributed by atoms with Gasteiger partial charge in [0, 0.05) is 21.7 Å². The third-order valence-corrected chi connectivity index (χ3v) is 6.98. The number of aromatic nitrogens is 3. The molecule has 3 aromatic heterocycles. The zero-order valence-corrected chi connectivity index (χ0v) is 17.6. The molecule has 0 atom stereocenters. The lowest BCUT2D eigenvalue weighted by atomic mass is 10.2. The van der Waals surface area contributed by atoms with Crippen molar-refractivity contribution in [3.63, 3.8) is 0 Å². The van der Waals surface area contributed by atoms with Gasteiger partial charge in [-0.25, -0.2) is 13.1 Å². The quantitative estimate of drug-likeness (QED) is 0.474. The van der Waals surface area contributed by atoms with Gasteiger partial charge in [0.1, 0.15) is 0 Å². The highest BCUT2D eigenvalue weighted by atomic mass is 35.5. The smallest absolute Gasteiger partial charge is 0.268 e. The van der Waals surface area contributed by atoms with Crippen LogP contribution < -0.4 is 4.72 Å². The van der Waals surface area contributed by atoms with E-state index in [2.05, 4.69) is 19.8 Å². The van der Waals surface area contributed by atoms with E-state index in [4.69, 9.17) is 16.1 Å². The van der Waals surface area contributed by atoms with E-state index in [1.165, 1.54) is 17.4 Å². The standard InChI is InChI=1S/C19H15ClN4O3S2/c1-12-17(29(25,26)22-11-15-7-2-3-8-21-15)10-16(28-12)19-23-18(24-27-19)13-5-4-6-14(20)9-13/h2-10,22H,11H2,1H3. The summed E-state index contributed by atoms with van der Waals surface area (Å²) in [7, 11) is -3.71. The van der Waals surface area contributed by atoms with Crippen molar-refractivity contribution in [2.45, 2.75) is 18.4 Å². The SMILES string of the molecule is Cc1sc(-c2nc(-c3cccc(Cl)c3)no2)cc1S(=O)(=O)NCc1ccccn1. The summed E-state index contributed by atoms with van der Waals surface area (Å²) in [5, 5.41) is 4.53. The fraction of sp³-hybridized carbons (Fsp3) is 0.105. The van der Waals surface area contributed by atoms with Crippen LogP contribution in [-0.2, 0) is 16.6 Å². The Balaban J connectivity index is 1.58. The summed E-state index contributed by atoms with van der Waals surface area (Å²) in [6.45, 7) is 1.84. The van der Waals surface area contributed by atoms with Gasteiger partial charge >= 0.3 is 0 Å². The van der Waals surface area contributed by atoms with E-state index in [1.54, 1.807) is 49.5 Å². The molecule has 0 amide bonds. The number of sulfonamides is 1. The molecule has 0 unspecified atom stereocenters. The molecule has 4 rings (SSSR count). The molecule has 0 fully saturated rings. The van der Waals surface area contributed by atoms with Gasteiger partial charge in [0.25, 0.3) is 5.89 Å². The molecular weight excluding hydrogens is 432 g/mol. The lowest BCUT2D eigenvalue weighted by Gasteiger charge is -2.05. The van der Waals surface area contributed by atoms with Crippen LogP contribution in [0.25, 0.3) is 22.2 Å². The molecule has 0 spiro atoms. The first-order chi connectivity index (χ1) is 13.9. The number of hydrogen-bond acceptors (Lipinski definition) is 7. The van der Waals surface area contributed by atoms with Gasteiger partial charge in [0.15, 0.2) is 0 Å². The maximum absolute atomic E-state index is 12.7. The van der Waals surface area contributed by atoms with E-state index >= 15 is 0 Å². The van der Waals surface area contributed by atoms with Gasteiger partial charge in [-0.1, -0.05) is 35.0 Å². The molecule has 0 aliphatic heterocycles. The molecule has 0 saturated heterocycles. The highest BCUT2D eigenvalue weighted by molar-refractivity contribution is 7.89. The molecule has 4 aromatic rings. The number of rotatable bonds is 6. The van der Waals surface area contributed by atoms with Crippen LogP contribution in [0.3, 0.4) is 0 Å². The minimum absolute atomic E-state index is 0.104. The highest BCUT2D eigenvalue weighted by Gasteiger charge is 2.23. The molecule has 1 aromatic carbocycles. The van der Waals surface area contributed by atoms with Crippen LogP contribution in [0, 0.1) is 6.92 Å². The second kappa shape index (κ2) is 8.03. The minimum atomic E-state index is -3.71. The van der Waals surface area contributed by atoms with E-state index in [0.717, 1.165) is 0 Å². The minimum Gasteiger partial charge on any atom is -0.333 e. The molecule has 29 heavy (non-hydrogen) atoms. The Hall–Kier alpha value is -2.59. The summed E-state index contributed by atoms with van der Waals surface area (Å²) in [6.07, 6.45) is 1.62. The van der Waals surface area contributed by atoms with Crippen LogP contribution in [0.4, 0.5) is 0 Å². The van der Waals surface area contributed by atoms with E-state index in [-0.39, 0.29) is 17.3 Å².